The highest BCUT2D eigenvalue weighted by atomic mass is 14.9. The van der Waals surface area contributed by atoms with Crippen LogP contribution in [0.25, 0.3) is 21.9 Å². The standard InChI is InChI=1S/C10H9BN4/c11-5-1-7-6-2-9(12)13-4-8(6)15-10(7)14-3-5/h1-4H,11H2,(H2,12,13)(H,14,15). The third-order valence-corrected chi connectivity index (χ3v) is 2.49. The molecule has 0 aromatic carbocycles. The van der Waals surface area contributed by atoms with E-state index in [9.17, 15) is 0 Å². The number of nitrogens with two attached hydrogens (primary N) is 1. The van der Waals surface area contributed by atoms with Crippen molar-refractivity contribution in [2.75, 3.05) is 5.73 Å². The molecule has 3 heterocycles. The van der Waals surface area contributed by atoms with Crippen molar-refractivity contribution in [1.29, 1.82) is 0 Å². The number of nitrogens with one attached hydrogen (secondary N) is 1. The van der Waals surface area contributed by atoms with E-state index in [1.54, 1.807) is 6.20 Å². The molecule has 0 atom stereocenters. The predicted octanol–water partition coefficient (Wildman–Crippen LogP) is -0.0483. The second-order valence-electron chi connectivity index (χ2n) is 3.69. The van der Waals surface area contributed by atoms with Gasteiger partial charge in [-0.2, -0.15) is 0 Å². The molecular weight excluding hydrogens is 187 g/mol. The van der Waals surface area contributed by atoms with Gasteiger partial charge in [-0.1, -0.05) is 11.5 Å². The van der Waals surface area contributed by atoms with Crippen LogP contribution in [0.2, 0.25) is 0 Å². The van der Waals surface area contributed by atoms with E-state index in [0.717, 1.165) is 27.4 Å². The Kier molecular flexibility index (Phi) is 1.51. The number of rotatable bonds is 0. The molecule has 0 aliphatic carbocycles. The van der Waals surface area contributed by atoms with Crippen molar-refractivity contribution in [3.05, 3.63) is 24.5 Å². The van der Waals surface area contributed by atoms with E-state index in [1.807, 2.05) is 20.1 Å². The van der Waals surface area contributed by atoms with Crippen LogP contribution in [-0.4, -0.2) is 22.8 Å². The van der Waals surface area contributed by atoms with Gasteiger partial charge in [-0.05, 0) is 6.07 Å². The molecule has 3 aromatic rings. The molecule has 72 valence electrons. The number of pyridine rings is 2. The van der Waals surface area contributed by atoms with E-state index in [-0.39, 0.29) is 0 Å². The average Bonchev–Trinajstić information content (AvgIpc) is 2.56. The van der Waals surface area contributed by atoms with E-state index >= 15 is 0 Å². The summed E-state index contributed by atoms with van der Waals surface area (Å²) in [7, 11) is 2.02. The molecule has 15 heavy (non-hydrogen) atoms. The van der Waals surface area contributed by atoms with Crippen molar-refractivity contribution in [2.45, 2.75) is 0 Å². The number of anilines is 1. The van der Waals surface area contributed by atoms with Crippen molar-refractivity contribution >= 4 is 41.1 Å². The van der Waals surface area contributed by atoms with Crippen LogP contribution in [0.3, 0.4) is 0 Å². The number of fused-ring (bicyclic) bond motifs is 3. The smallest absolute Gasteiger partial charge is 0.141 e. The number of hydrogen-bond acceptors (Lipinski definition) is 3. The maximum absolute atomic E-state index is 5.67. The molecule has 0 amide bonds. The van der Waals surface area contributed by atoms with Gasteiger partial charge in [0, 0.05) is 17.0 Å². The third kappa shape index (κ3) is 1.16. The highest BCUT2D eigenvalue weighted by Gasteiger charge is 2.05. The van der Waals surface area contributed by atoms with Crippen LogP contribution in [-0.2, 0) is 0 Å². The molecule has 0 spiro atoms. The molecule has 3 aromatic heterocycles. The van der Waals surface area contributed by atoms with Crippen LogP contribution >= 0.6 is 0 Å². The molecule has 0 aliphatic heterocycles. The number of nitrogen functional groups attached to an aromatic ring is 1. The average molecular weight is 196 g/mol. The molecule has 5 heteroatoms. The summed E-state index contributed by atoms with van der Waals surface area (Å²) >= 11 is 0. The Morgan fingerprint density at radius 2 is 2.00 bits per heavy atom. The topological polar surface area (TPSA) is 67.6 Å². The van der Waals surface area contributed by atoms with Crippen molar-refractivity contribution in [2.24, 2.45) is 0 Å². The van der Waals surface area contributed by atoms with Gasteiger partial charge in [0.1, 0.15) is 19.3 Å². The van der Waals surface area contributed by atoms with Crippen LogP contribution in [0.5, 0.6) is 0 Å². The van der Waals surface area contributed by atoms with Crippen molar-refractivity contribution < 1.29 is 0 Å². The Morgan fingerprint density at radius 3 is 2.87 bits per heavy atom. The number of aromatic amines is 1. The van der Waals surface area contributed by atoms with E-state index in [4.69, 9.17) is 5.73 Å². The van der Waals surface area contributed by atoms with Crippen LogP contribution in [0.4, 0.5) is 5.82 Å². The molecule has 0 bridgehead atoms. The summed E-state index contributed by atoms with van der Waals surface area (Å²) in [5.74, 6) is 0.532. The molecule has 0 saturated carbocycles. The molecule has 3 N–H and O–H groups in total. The maximum Gasteiger partial charge on any atom is 0.141 e. The van der Waals surface area contributed by atoms with Crippen LogP contribution < -0.4 is 11.2 Å². The van der Waals surface area contributed by atoms with Crippen LogP contribution in [0.1, 0.15) is 0 Å². The van der Waals surface area contributed by atoms with Crippen molar-refractivity contribution in [3.63, 3.8) is 0 Å². The van der Waals surface area contributed by atoms with Crippen LogP contribution in [0.15, 0.2) is 24.5 Å². The summed E-state index contributed by atoms with van der Waals surface area (Å²) in [6.07, 6.45) is 3.58. The quantitative estimate of drug-likeness (QED) is 0.495. The summed E-state index contributed by atoms with van der Waals surface area (Å²) in [4.78, 5) is 11.6. The summed E-state index contributed by atoms with van der Waals surface area (Å²) in [6.45, 7) is 0. The number of aromatic nitrogens is 3. The fraction of sp³-hybridized carbons (Fsp3) is 0. The Morgan fingerprint density at radius 1 is 1.13 bits per heavy atom. The minimum absolute atomic E-state index is 0.532. The summed E-state index contributed by atoms with van der Waals surface area (Å²) in [6, 6.07) is 3.97. The first-order chi connectivity index (χ1) is 7.24. The molecule has 3 rings (SSSR count). The zero-order valence-electron chi connectivity index (χ0n) is 8.28. The lowest BCUT2D eigenvalue weighted by molar-refractivity contribution is 1.33. The normalized spacial score (nSPS) is 11.2. The van der Waals surface area contributed by atoms with Gasteiger partial charge in [0.2, 0.25) is 0 Å². The van der Waals surface area contributed by atoms with Gasteiger partial charge >= 0.3 is 0 Å². The third-order valence-electron chi connectivity index (χ3n) is 2.49. The molecule has 0 aliphatic rings. The SMILES string of the molecule is Bc1cnc2[nH]c3cnc(N)cc3c2c1. The van der Waals surface area contributed by atoms with E-state index in [0.29, 0.717) is 5.82 Å². The molecule has 0 unspecified atom stereocenters. The van der Waals surface area contributed by atoms with Crippen molar-refractivity contribution in [3.8, 4) is 0 Å². The van der Waals surface area contributed by atoms with Gasteiger partial charge in [0.05, 0.1) is 11.7 Å². The highest BCUT2D eigenvalue weighted by molar-refractivity contribution is 6.33. The molecule has 0 fully saturated rings. The van der Waals surface area contributed by atoms with E-state index in [1.165, 1.54) is 0 Å². The fourth-order valence-electron chi connectivity index (χ4n) is 1.80. The van der Waals surface area contributed by atoms with Gasteiger partial charge < -0.3 is 10.7 Å². The molecule has 0 saturated heterocycles. The largest absolute Gasteiger partial charge is 0.384 e. The maximum atomic E-state index is 5.67. The molecule has 4 nitrogen and oxygen atoms in total. The first kappa shape index (κ1) is 8.29. The lowest BCUT2D eigenvalue weighted by atomic mass is 9.97. The number of nitrogens with zero attached hydrogens (tertiary/aromatic N) is 2. The fourth-order valence-corrected chi connectivity index (χ4v) is 1.80. The summed E-state index contributed by atoms with van der Waals surface area (Å²) < 4.78 is 0. The second kappa shape index (κ2) is 2.73. The summed E-state index contributed by atoms with van der Waals surface area (Å²) in [5, 5.41) is 2.17. The van der Waals surface area contributed by atoms with Gasteiger partial charge in [-0.15, -0.1) is 0 Å². The van der Waals surface area contributed by atoms with E-state index < -0.39 is 0 Å². The van der Waals surface area contributed by atoms with Gasteiger partial charge in [-0.3, -0.25) is 0 Å². The Bertz CT molecular complexity index is 603. The van der Waals surface area contributed by atoms with Crippen LogP contribution in [0, 0.1) is 0 Å². The lowest BCUT2D eigenvalue weighted by Gasteiger charge is -1.93. The predicted molar refractivity (Wildman–Crippen MR) is 64.0 cm³/mol. The zero-order valence-corrected chi connectivity index (χ0v) is 8.28. The molecule has 0 radical (unpaired) electrons. The Balaban J connectivity index is 2.55. The minimum atomic E-state index is 0.532. The van der Waals surface area contributed by atoms with Gasteiger partial charge in [0.15, 0.2) is 0 Å². The zero-order chi connectivity index (χ0) is 10.4. The lowest BCUT2D eigenvalue weighted by Crippen LogP contribution is -2.01. The first-order valence-electron chi connectivity index (χ1n) is 4.73. The highest BCUT2D eigenvalue weighted by Crippen LogP contribution is 2.23. The number of hydrogen-bond donors (Lipinski definition) is 2. The minimum Gasteiger partial charge on any atom is -0.384 e. The first-order valence-corrected chi connectivity index (χ1v) is 4.73. The monoisotopic (exact) mass is 196 g/mol. The number of H-pyrrole nitrogens is 1. The van der Waals surface area contributed by atoms with Crippen molar-refractivity contribution in [1.82, 2.24) is 15.0 Å². The van der Waals surface area contributed by atoms with E-state index in [2.05, 4.69) is 21.0 Å². The second-order valence-corrected chi connectivity index (χ2v) is 3.69. The Hall–Kier alpha value is -2.04. The van der Waals surface area contributed by atoms with Gasteiger partial charge in [-0.25, -0.2) is 9.97 Å². The van der Waals surface area contributed by atoms with Gasteiger partial charge in [0.25, 0.3) is 0 Å². The molecular formula is C10H9BN4. The summed E-state index contributed by atoms with van der Waals surface area (Å²) in [5.41, 5.74) is 8.65. The Labute approximate surface area is 86.9 Å².